The highest BCUT2D eigenvalue weighted by Gasteiger charge is 2.38. The van der Waals surface area contributed by atoms with Crippen LogP contribution < -0.4 is 19.5 Å². The Bertz CT molecular complexity index is 1080. The number of carbonyl (C=O) groups excluding carboxylic acids is 2. The zero-order valence-electron chi connectivity index (χ0n) is 19.9. The van der Waals surface area contributed by atoms with Gasteiger partial charge in [0.2, 0.25) is 0 Å². The van der Waals surface area contributed by atoms with Crippen molar-refractivity contribution in [3.63, 3.8) is 0 Å². The lowest BCUT2D eigenvalue weighted by Gasteiger charge is -2.35. The number of urea groups is 1. The summed E-state index contributed by atoms with van der Waals surface area (Å²) in [6.07, 6.45) is 0. The van der Waals surface area contributed by atoms with Crippen molar-refractivity contribution in [1.29, 1.82) is 0 Å². The van der Waals surface area contributed by atoms with Gasteiger partial charge < -0.3 is 24.3 Å². The van der Waals surface area contributed by atoms with Gasteiger partial charge in [0.1, 0.15) is 12.4 Å². The summed E-state index contributed by atoms with van der Waals surface area (Å²) in [5.74, 6) is 1.05. The summed E-state index contributed by atoms with van der Waals surface area (Å²) < 4.78 is 22.4. The normalized spacial score (nSPS) is 15.8. The summed E-state index contributed by atoms with van der Waals surface area (Å²) in [6.45, 7) is 5.89. The lowest BCUT2D eigenvalue weighted by Crippen LogP contribution is -2.48. The fraction of sp³-hybridized carbons (Fsp3) is 0.360. The van der Waals surface area contributed by atoms with Crippen molar-refractivity contribution in [3.8, 4) is 17.2 Å². The maximum absolute atomic E-state index is 13.1. The standard InChI is InChI=1S/C25H30N2O6/c1-7-32-24(28)21-18(14-33-19-12-8-10-15(2)16(19)3)27(4)25(29)26-22(21)17-11-9-13-20(30-5)23(17)31-6/h8-13,22H,7,14H2,1-6H3,(H,26,29)/t22-/m0/s1. The van der Waals surface area contributed by atoms with Crippen LogP contribution in [0.5, 0.6) is 17.2 Å². The van der Waals surface area contributed by atoms with Crippen molar-refractivity contribution in [2.75, 3.05) is 34.5 Å². The number of likely N-dealkylation sites (N-methyl/N-ethyl adjacent to an activating group) is 1. The number of hydrogen-bond donors (Lipinski definition) is 1. The molecule has 3 rings (SSSR count). The molecule has 1 N–H and O–H groups in total. The summed E-state index contributed by atoms with van der Waals surface area (Å²) in [4.78, 5) is 27.4. The molecule has 1 aliphatic heterocycles. The number of nitrogens with one attached hydrogen (secondary N) is 1. The number of hydrogen-bond acceptors (Lipinski definition) is 6. The second kappa shape index (κ2) is 10.3. The van der Waals surface area contributed by atoms with Gasteiger partial charge in [0, 0.05) is 12.6 Å². The summed E-state index contributed by atoms with van der Waals surface area (Å²) >= 11 is 0. The summed E-state index contributed by atoms with van der Waals surface area (Å²) in [6, 6.07) is 9.87. The Morgan fingerprint density at radius 1 is 1.06 bits per heavy atom. The number of benzene rings is 2. The monoisotopic (exact) mass is 454 g/mol. The van der Waals surface area contributed by atoms with E-state index in [9.17, 15) is 9.59 Å². The van der Waals surface area contributed by atoms with Crippen LogP contribution in [0.3, 0.4) is 0 Å². The molecule has 0 fully saturated rings. The van der Waals surface area contributed by atoms with Crippen molar-refractivity contribution in [2.45, 2.75) is 26.8 Å². The molecule has 0 saturated carbocycles. The molecule has 8 nitrogen and oxygen atoms in total. The van der Waals surface area contributed by atoms with Gasteiger partial charge in [0.05, 0.1) is 38.1 Å². The first-order chi connectivity index (χ1) is 15.8. The predicted octanol–water partition coefficient (Wildman–Crippen LogP) is 3.91. The molecule has 2 aromatic rings. The highest BCUT2D eigenvalue weighted by molar-refractivity contribution is 5.95. The molecule has 0 saturated heterocycles. The van der Waals surface area contributed by atoms with Crippen LogP contribution in [0.4, 0.5) is 4.79 Å². The molecule has 1 heterocycles. The number of amides is 2. The number of rotatable bonds is 8. The van der Waals surface area contributed by atoms with Gasteiger partial charge in [-0.1, -0.05) is 24.3 Å². The van der Waals surface area contributed by atoms with Crippen LogP contribution >= 0.6 is 0 Å². The molecule has 1 atom stereocenters. The van der Waals surface area contributed by atoms with Gasteiger partial charge in [0.25, 0.3) is 0 Å². The predicted molar refractivity (Wildman–Crippen MR) is 124 cm³/mol. The van der Waals surface area contributed by atoms with Crippen molar-refractivity contribution in [1.82, 2.24) is 10.2 Å². The SMILES string of the molecule is CCOC(=O)C1=C(COc2cccc(C)c2C)N(C)C(=O)N[C@H]1c1cccc(OC)c1OC. The fourth-order valence-electron chi connectivity index (χ4n) is 3.78. The molecule has 0 aromatic heterocycles. The fourth-order valence-corrected chi connectivity index (χ4v) is 3.78. The van der Waals surface area contributed by atoms with E-state index < -0.39 is 12.0 Å². The number of ether oxygens (including phenoxy) is 4. The largest absolute Gasteiger partial charge is 0.493 e. The Kier molecular flexibility index (Phi) is 7.48. The lowest BCUT2D eigenvalue weighted by atomic mass is 9.93. The minimum atomic E-state index is -0.810. The smallest absolute Gasteiger partial charge is 0.338 e. The molecule has 8 heteroatoms. The molecule has 0 aliphatic carbocycles. The molecule has 176 valence electrons. The first-order valence-corrected chi connectivity index (χ1v) is 10.7. The van der Waals surface area contributed by atoms with Crippen molar-refractivity contribution >= 4 is 12.0 Å². The minimum absolute atomic E-state index is 0.00510. The Morgan fingerprint density at radius 2 is 1.76 bits per heavy atom. The van der Waals surface area contributed by atoms with E-state index in [-0.39, 0.29) is 24.8 Å². The summed E-state index contributed by atoms with van der Waals surface area (Å²) in [5.41, 5.74) is 3.33. The van der Waals surface area contributed by atoms with E-state index in [2.05, 4.69) is 5.32 Å². The number of para-hydroxylation sites is 1. The van der Waals surface area contributed by atoms with Crippen molar-refractivity contribution in [2.24, 2.45) is 0 Å². The maximum Gasteiger partial charge on any atom is 0.338 e. The minimum Gasteiger partial charge on any atom is -0.493 e. The highest BCUT2D eigenvalue weighted by Crippen LogP contribution is 2.40. The van der Waals surface area contributed by atoms with E-state index in [4.69, 9.17) is 18.9 Å². The van der Waals surface area contributed by atoms with Gasteiger partial charge >= 0.3 is 12.0 Å². The third-order valence-corrected chi connectivity index (χ3v) is 5.74. The summed E-state index contributed by atoms with van der Waals surface area (Å²) in [5, 5.41) is 2.88. The van der Waals surface area contributed by atoms with E-state index in [1.807, 2.05) is 32.0 Å². The topological polar surface area (TPSA) is 86.3 Å². The molecule has 0 bridgehead atoms. The number of carbonyl (C=O) groups is 2. The molecule has 0 unspecified atom stereocenters. The average molecular weight is 455 g/mol. The number of nitrogens with zero attached hydrogens (tertiary/aromatic N) is 1. The second-order valence-electron chi connectivity index (χ2n) is 7.59. The molecule has 2 aromatic carbocycles. The third kappa shape index (κ3) is 4.74. The van der Waals surface area contributed by atoms with Crippen LogP contribution in [0.25, 0.3) is 0 Å². The Hall–Kier alpha value is -3.68. The van der Waals surface area contributed by atoms with Crippen LogP contribution in [0, 0.1) is 13.8 Å². The van der Waals surface area contributed by atoms with Crippen molar-refractivity contribution < 1.29 is 28.5 Å². The molecule has 1 aliphatic rings. The average Bonchev–Trinajstić information content (AvgIpc) is 2.81. The third-order valence-electron chi connectivity index (χ3n) is 5.74. The molecule has 0 spiro atoms. The quantitative estimate of drug-likeness (QED) is 0.609. The lowest BCUT2D eigenvalue weighted by molar-refractivity contribution is -0.139. The molecule has 33 heavy (non-hydrogen) atoms. The number of aryl methyl sites for hydroxylation is 1. The maximum atomic E-state index is 13.1. The van der Waals surface area contributed by atoms with Gasteiger partial charge in [-0.15, -0.1) is 0 Å². The Morgan fingerprint density at radius 3 is 2.42 bits per heavy atom. The van der Waals surface area contributed by atoms with Crippen LogP contribution in [0.1, 0.15) is 29.7 Å². The Balaban J connectivity index is 2.13. The van der Waals surface area contributed by atoms with E-state index in [1.165, 1.54) is 19.1 Å². The van der Waals surface area contributed by atoms with Gasteiger partial charge in [-0.25, -0.2) is 9.59 Å². The second-order valence-corrected chi connectivity index (χ2v) is 7.59. The molecule has 0 radical (unpaired) electrons. The first-order valence-electron chi connectivity index (χ1n) is 10.7. The van der Waals surface area contributed by atoms with E-state index >= 15 is 0 Å². The summed E-state index contributed by atoms with van der Waals surface area (Å²) in [7, 11) is 4.63. The number of methoxy groups -OCH3 is 2. The highest BCUT2D eigenvalue weighted by atomic mass is 16.5. The van der Waals surface area contributed by atoms with Gasteiger partial charge in [-0.3, -0.25) is 4.90 Å². The first kappa shape index (κ1) is 24.0. The van der Waals surface area contributed by atoms with E-state index in [0.29, 0.717) is 28.5 Å². The zero-order chi connectivity index (χ0) is 24.1. The van der Waals surface area contributed by atoms with Gasteiger partial charge in [-0.2, -0.15) is 0 Å². The van der Waals surface area contributed by atoms with Crippen molar-refractivity contribution in [3.05, 3.63) is 64.4 Å². The molecule has 2 amide bonds. The van der Waals surface area contributed by atoms with E-state index in [0.717, 1.165) is 11.1 Å². The van der Waals surface area contributed by atoms with E-state index in [1.54, 1.807) is 32.2 Å². The van der Waals surface area contributed by atoms with Gasteiger partial charge in [0.15, 0.2) is 11.5 Å². The molecular weight excluding hydrogens is 424 g/mol. The zero-order valence-corrected chi connectivity index (χ0v) is 19.9. The van der Waals surface area contributed by atoms with Crippen LogP contribution in [-0.4, -0.2) is 51.4 Å². The van der Waals surface area contributed by atoms with Gasteiger partial charge in [-0.05, 0) is 44.0 Å². The Labute approximate surface area is 194 Å². The molecular formula is C25H30N2O6. The van der Waals surface area contributed by atoms with Crippen LogP contribution in [-0.2, 0) is 9.53 Å². The van der Waals surface area contributed by atoms with Crippen LogP contribution in [0.2, 0.25) is 0 Å². The number of esters is 1. The van der Waals surface area contributed by atoms with Crippen LogP contribution in [0.15, 0.2) is 47.7 Å².